The van der Waals surface area contributed by atoms with Crippen LogP contribution in [0.4, 0.5) is 0 Å². The van der Waals surface area contributed by atoms with Gasteiger partial charge in [-0.05, 0) is 25.2 Å². The lowest BCUT2D eigenvalue weighted by atomic mass is 10.1. The summed E-state index contributed by atoms with van der Waals surface area (Å²) >= 11 is 0. The molecule has 14 heavy (non-hydrogen) atoms. The predicted molar refractivity (Wildman–Crippen MR) is 54.3 cm³/mol. The van der Waals surface area contributed by atoms with Gasteiger partial charge in [0.05, 0.1) is 12.1 Å². The summed E-state index contributed by atoms with van der Waals surface area (Å²) in [5.74, 6) is 5.71. The summed E-state index contributed by atoms with van der Waals surface area (Å²) in [5.41, 5.74) is 0.987. The SMILES string of the molecule is CNCC#Cc1ccc(O)c(C=O)c1. The van der Waals surface area contributed by atoms with E-state index in [4.69, 9.17) is 0 Å². The predicted octanol–water partition coefficient (Wildman–Crippen LogP) is 0.776. The second kappa shape index (κ2) is 5.05. The van der Waals surface area contributed by atoms with E-state index in [1.165, 1.54) is 6.07 Å². The largest absolute Gasteiger partial charge is 0.507 e. The molecule has 0 aliphatic heterocycles. The molecule has 2 N–H and O–H groups in total. The minimum Gasteiger partial charge on any atom is -0.507 e. The highest BCUT2D eigenvalue weighted by Gasteiger charge is 1.98. The number of carbonyl (C=O) groups is 1. The molecular weight excluding hydrogens is 178 g/mol. The highest BCUT2D eigenvalue weighted by atomic mass is 16.3. The maximum atomic E-state index is 10.5. The van der Waals surface area contributed by atoms with Gasteiger partial charge in [0.1, 0.15) is 5.75 Å². The van der Waals surface area contributed by atoms with E-state index in [-0.39, 0.29) is 11.3 Å². The summed E-state index contributed by atoms with van der Waals surface area (Å²) in [6.45, 7) is 0.595. The standard InChI is InChI=1S/C11H11NO2/c1-12-6-2-3-9-4-5-11(14)10(7-9)8-13/h4-5,7-8,12,14H,6H2,1H3. The molecule has 0 aliphatic rings. The molecule has 0 aromatic heterocycles. The molecule has 0 radical (unpaired) electrons. The second-order valence-corrected chi connectivity index (χ2v) is 2.72. The van der Waals surface area contributed by atoms with Crippen molar-refractivity contribution in [2.45, 2.75) is 0 Å². The molecule has 0 aliphatic carbocycles. The Morgan fingerprint density at radius 2 is 2.36 bits per heavy atom. The number of nitrogens with one attached hydrogen (secondary N) is 1. The van der Waals surface area contributed by atoms with Gasteiger partial charge in [-0.3, -0.25) is 4.79 Å². The highest BCUT2D eigenvalue weighted by molar-refractivity contribution is 5.79. The molecule has 3 heteroatoms. The first-order valence-electron chi connectivity index (χ1n) is 4.19. The van der Waals surface area contributed by atoms with E-state index >= 15 is 0 Å². The van der Waals surface area contributed by atoms with Gasteiger partial charge in [-0.15, -0.1) is 0 Å². The fourth-order valence-corrected chi connectivity index (χ4v) is 0.961. The molecule has 1 rings (SSSR count). The van der Waals surface area contributed by atoms with Gasteiger partial charge in [0.15, 0.2) is 6.29 Å². The zero-order chi connectivity index (χ0) is 10.4. The summed E-state index contributed by atoms with van der Waals surface area (Å²) in [6.07, 6.45) is 0.610. The molecule has 0 heterocycles. The molecule has 0 amide bonds. The van der Waals surface area contributed by atoms with Crippen LogP contribution in [0.15, 0.2) is 18.2 Å². The van der Waals surface area contributed by atoms with Gasteiger partial charge < -0.3 is 10.4 Å². The van der Waals surface area contributed by atoms with Crippen molar-refractivity contribution in [3.63, 3.8) is 0 Å². The Balaban J connectivity index is 2.91. The molecule has 0 saturated heterocycles. The number of carbonyl (C=O) groups excluding carboxylic acids is 1. The fraction of sp³-hybridized carbons (Fsp3) is 0.182. The molecule has 0 unspecified atom stereocenters. The van der Waals surface area contributed by atoms with Crippen LogP contribution in [0.5, 0.6) is 5.75 Å². The van der Waals surface area contributed by atoms with E-state index in [0.29, 0.717) is 12.8 Å². The Morgan fingerprint density at radius 3 is 3.00 bits per heavy atom. The molecule has 3 nitrogen and oxygen atoms in total. The lowest BCUT2D eigenvalue weighted by molar-refractivity contribution is 0.112. The van der Waals surface area contributed by atoms with Gasteiger partial charge in [-0.2, -0.15) is 0 Å². The van der Waals surface area contributed by atoms with Crippen molar-refractivity contribution < 1.29 is 9.90 Å². The number of rotatable bonds is 2. The Labute approximate surface area is 82.8 Å². The minimum absolute atomic E-state index is 0.0147. The quantitative estimate of drug-likeness (QED) is 0.534. The lowest BCUT2D eigenvalue weighted by Gasteiger charge is -1.96. The maximum absolute atomic E-state index is 10.5. The summed E-state index contributed by atoms with van der Waals surface area (Å²) in [5, 5.41) is 12.1. The van der Waals surface area contributed by atoms with Crippen molar-refractivity contribution in [3.8, 4) is 17.6 Å². The Bertz CT molecular complexity index is 388. The van der Waals surface area contributed by atoms with Gasteiger partial charge in [0, 0.05) is 5.56 Å². The molecule has 0 bridgehead atoms. The van der Waals surface area contributed by atoms with Crippen molar-refractivity contribution in [2.75, 3.05) is 13.6 Å². The highest BCUT2D eigenvalue weighted by Crippen LogP contribution is 2.15. The van der Waals surface area contributed by atoms with Gasteiger partial charge in [-0.1, -0.05) is 11.8 Å². The zero-order valence-electron chi connectivity index (χ0n) is 7.87. The molecule has 72 valence electrons. The summed E-state index contributed by atoms with van der Waals surface area (Å²) in [4.78, 5) is 10.5. The van der Waals surface area contributed by atoms with E-state index in [1.807, 2.05) is 7.05 Å². The number of hydrogen-bond acceptors (Lipinski definition) is 3. The molecule has 0 fully saturated rings. The normalized spacial score (nSPS) is 8.93. The van der Waals surface area contributed by atoms with Crippen molar-refractivity contribution in [2.24, 2.45) is 0 Å². The van der Waals surface area contributed by atoms with Crippen LogP contribution in [0.2, 0.25) is 0 Å². The lowest BCUT2D eigenvalue weighted by Crippen LogP contribution is -2.04. The first kappa shape index (κ1) is 10.3. The van der Waals surface area contributed by atoms with Crippen molar-refractivity contribution in [1.29, 1.82) is 0 Å². The van der Waals surface area contributed by atoms with Gasteiger partial charge in [-0.25, -0.2) is 0 Å². The smallest absolute Gasteiger partial charge is 0.153 e. The number of phenols is 1. The van der Waals surface area contributed by atoms with Crippen molar-refractivity contribution in [3.05, 3.63) is 29.3 Å². The van der Waals surface area contributed by atoms with Gasteiger partial charge in [0.2, 0.25) is 0 Å². The van der Waals surface area contributed by atoms with Crippen LogP contribution in [0, 0.1) is 11.8 Å². The average molecular weight is 189 g/mol. The third-order valence-corrected chi connectivity index (χ3v) is 1.65. The number of aldehydes is 1. The molecule has 1 aromatic rings. The number of hydrogen-bond donors (Lipinski definition) is 2. The van der Waals surface area contributed by atoms with Crippen LogP contribution in [0.25, 0.3) is 0 Å². The number of benzene rings is 1. The monoisotopic (exact) mass is 189 g/mol. The molecule has 0 spiro atoms. The molecule has 1 aromatic carbocycles. The van der Waals surface area contributed by atoms with Crippen LogP contribution in [-0.2, 0) is 0 Å². The van der Waals surface area contributed by atoms with E-state index in [9.17, 15) is 9.90 Å². The first-order chi connectivity index (χ1) is 6.77. The van der Waals surface area contributed by atoms with Crippen molar-refractivity contribution >= 4 is 6.29 Å². The Morgan fingerprint density at radius 1 is 1.57 bits per heavy atom. The summed E-state index contributed by atoms with van der Waals surface area (Å²) in [6, 6.07) is 4.70. The van der Waals surface area contributed by atoms with Crippen LogP contribution >= 0.6 is 0 Å². The minimum atomic E-state index is -0.0147. The third kappa shape index (κ3) is 2.61. The molecular formula is C11H11NO2. The van der Waals surface area contributed by atoms with E-state index in [2.05, 4.69) is 17.2 Å². The van der Waals surface area contributed by atoms with Gasteiger partial charge >= 0.3 is 0 Å². The number of aromatic hydroxyl groups is 1. The topological polar surface area (TPSA) is 49.3 Å². The van der Waals surface area contributed by atoms with Crippen LogP contribution in [0.3, 0.4) is 0 Å². The number of phenolic OH excluding ortho intramolecular Hbond substituents is 1. The second-order valence-electron chi connectivity index (χ2n) is 2.72. The Hall–Kier alpha value is -1.79. The van der Waals surface area contributed by atoms with Crippen molar-refractivity contribution in [1.82, 2.24) is 5.32 Å². The van der Waals surface area contributed by atoms with Crippen LogP contribution in [-0.4, -0.2) is 25.0 Å². The fourth-order valence-electron chi connectivity index (χ4n) is 0.961. The summed E-state index contributed by atoms with van der Waals surface area (Å²) < 4.78 is 0. The van der Waals surface area contributed by atoms with E-state index in [0.717, 1.165) is 5.56 Å². The van der Waals surface area contributed by atoms with Crippen LogP contribution < -0.4 is 5.32 Å². The molecule has 0 atom stereocenters. The van der Waals surface area contributed by atoms with E-state index < -0.39 is 0 Å². The maximum Gasteiger partial charge on any atom is 0.153 e. The first-order valence-corrected chi connectivity index (χ1v) is 4.19. The third-order valence-electron chi connectivity index (χ3n) is 1.65. The zero-order valence-corrected chi connectivity index (χ0v) is 7.87. The van der Waals surface area contributed by atoms with Crippen LogP contribution in [0.1, 0.15) is 15.9 Å². The van der Waals surface area contributed by atoms with E-state index in [1.54, 1.807) is 12.1 Å². The molecule has 0 saturated carbocycles. The van der Waals surface area contributed by atoms with Gasteiger partial charge in [0.25, 0.3) is 0 Å². The Kier molecular flexibility index (Phi) is 3.71. The average Bonchev–Trinajstić information content (AvgIpc) is 2.21. The summed E-state index contributed by atoms with van der Waals surface area (Å²) in [7, 11) is 1.81.